The fourth-order valence-corrected chi connectivity index (χ4v) is 5.07. The molecule has 0 unspecified atom stereocenters. The molecule has 0 radical (unpaired) electrons. The minimum absolute atomic E-state index is 0.00166. The standard InChI is InChI=1S/C18H18FN5O5S/c1-21-16-15(17(26)22(2)18(21)27)24(10-20-16)9-14(25)23-7-13(8-23)30(28,29)12-5-3-11(19)4-6-12/h3-6,10,13H,7-9H2,1-2H3. The van der Waals surface area contributed by atoms with E-state index >= 15 is 0 Å². The Kier molecular flexibility index (Phi) is 4.60. The zero-order valence-electron chi connectivity index (χ0n) is 16.1. The third kappa shape index (κ3) is 3.03. The molecule has 12 heteroatoms. The lowest BCUT2D eigenvalue weighted by molar-refractivity contribution is -0.134. The molecule has 3 aromatic rings. The molecular weight excluding hydrogens is 417 g/mol. The number of fused-ring (bicyclic) bond motifs is 1. The zero-order chi connectivity index (χ0) is 21.8. The first kappa shape index (κ1) is 20.0. The van der Waals surface area contributed by atoms with Gasteiger partial charge < -0.3 is 9.47 Å². The molecule has 0 atom stereocenters. The summed E-state index contributed by atoms with van der Waals surface area (Å²) in [5, 5.41) is -0.778. The van der Waals surface area contributed by atoms with Crippen molar-refractivity contribution in [2.45, 2.75) is 16.7 Å². The number of hydrogen-bond donors (Lipinski definition) is 0. The van der Waals surface area contributed by atoms with Gasteiger partial charge in [0.15, 0.2) is 21.0 Å². The number of carbonyl (C=O) groups is 1. The highest BCUT2D eigenvalue weighted by Gasteiger charge is 2.40. The maximum atomic E-state index is 13.0. The summed E-state index contributed by atoms with van der Waals surface area (Å²) in [4.78, 5) is 42.4. The van der Waals surface area contributed by atoms with Crippen molar-refractivity contribution in [3.8, 4) is 0 Å². The SMILES string of the molecule is Cn1c(=O)c2c(ncn2CC(=O)N2CC(S(=O)(=O)c3ccc(F)cc3)C2)n(C)c1=O. The predicted octanol–water partition coefficient (Wildman–Crippen LogP) is -0.742. The minimum Gasteiger partial charge on any atom is -0.338 e. The summed E-state index contributed by atoms with van der Waals surface area (Å²) in [6, 6.07) is 4.55. The van der Waals surface area contributed by atoms with E-state index in [4.69, 9.17) is 0 Å². The maximum absolute atomic E-state index is 13.0. The van der Waals surface area contributed by atoms with Crippen molar-refractivity contribution in [3.05, 3.63) is 57.2 Å². The molecule has 1 amide bonds. The van der Waals surface area contributed by atoms with Crippen molar-refractivity contribution >= 4 is 26.9 Å². The van der Waals surface area contributed by atoms with Gasteiger partial charge in [0.1, 0.15) is 17.6 Å². The molecule has 2 aromatic heterocycles. The molecule has 10 nitrogen and oxygen atoms in total. The molecule has 30 heavy (non-hydrogen) atoms. The van der Waals surface area contributed by atoms with Crippen LogP contribution in [0.1, 0.15) is 0 Å². The molecule has 1 aliphatic rings. The predicted molar refractivity (Wildman–Crippen MR) is 104 cm³/mol. The van der Waals surface area contributed by atoms with Crippen LogP contribution in [0.25, 0.3) is 11.2 Å². The van der Waals surface area contributed by atoms with Crippen LogP contribution in [-0.2, 0) is 35.3 Å². The number of nitrogens with zero attached hydrogens (tertiary/aromatic N) is 5. The Morgan fingerprint density at radius 3 is 2.40 bits per heavy atom. The van der Waals surface area contributed by atoms with Crippen LogP contribution in [0.2, 0.25) is 0 Å². The van der Waals surface area contributed by atoms with E-state index in [2.05, 4.69) is 4.98 Å². The normalized spacial score (nSPS) is 14.8. The average molecular weight is 435 g/mol. The number of rotatable bonds is 4. The summed E-state index contributed by atoms with van der Waals surface area (Å²) >= 11 is 0. The second-order valence-corrected chi connectivity index (χ2v) is 9.40. The number of halogens is 1. The van der Waals surface area contributed by atoms with Gasteiger partial charge >= 0.3 is 5.69 Å². The van der Waals surface area contributed by atoms with Gasteiger partial charge in [0.25, 0.3) is 5.56 Å². The van der Waals surface area contributed by atoms with Gasteiger partial charge in [-0.2, -0.15) is 0 Å². The molecule has 3 heterocycles. The molecule has 0 bridgehead atoms. The van der Waals surface area contributed by atoms with Crippen LogP contribution in [0.4, 0.5) is 4.39 Å². The van der Waals surface area contributed by atoms with Crippen molar-refractivity contribution < 1.29 is 17.6 Å². The second kappa shape index (κ2) is 6.90. The summed E-state index contributed by atoms with van der Waals surface area (Å²) < 4.78 is 41.7. The van der Waals surface area contributed by atoms with E-state index in [9.17, 15) is 27.2 Å². The molecule has 4 rings (SSSR count). The summed E-state index contributed by atoms with van der Waals surface area (Å²) in [6.45, 7) is -0.212. The van der Waals surface area contributed by atoms with Gasteiger partial charge in [-0.15, -0.1) is 0 Å². The molecule has 1 fully saturated rings. The van der Waals surface area contributed by atoms with Crippen molar-refractivity contribution in [2.75, 3.05) is 13.1 Å². The lowest BCUT2D eigenvalue weighted by atomic mass is 10.2. The topological polar surface area (TPSA) is 116 Å². The Balaban J connectivity index is 1.51. The van der Waals surface area contributed by atoms with Gasteiger partial charge in [0.2, 0.25) is 5.91 Å². The third-order valence-electron chi connectivity index (χ3n) is 5.30. The van der Waals surface area contributed by atoms with E-state index in [-0.39, 0.29) is 41.6 Å². The molecule has 0 spiro atoms. The van der Waals surface area contributed by atoms with Crippen LogP contribution in [0, 0.1) is 5.82 Å². The molecule has 0 N–H and O–H groups in total. The Labute approximate surface area is 169 Å². The monoisotopic (exact) mass is 435 g/mol. The fraction of sp³-hybridized carbons (Fsp3) is 0.333. The molecule has 1 aliphatic heterocycles. The Morgan fingerprint density at radius 1 is 1.13 bits per heavy atom. The van der Waals surface area contributed by atoms with Crippen LogP contribution in [-0.4, -0.2) is 56.2 Å². The number of carbonyl (C=O) groups excluding carboxylic acids is 1. The Hall–Kier alpha value is -3.28. The molecule has 1 aromatic carbocycles. The van der Waals surface area contributed by atoms with Crippen molar-refractivity contribution in [1.29, 1.82) is 0 Å². The van der Waals surface area contributed by atoms with Crippen molar-refractivity contribution in [3.63, 3.8) is 0 Å². The summed E-state index contributed by atoms with van der Waals surface area (Å²) in [5.74, 6) is -0.911. The molecular formula is C18H18FN5O5S. The highest BCUT2D eigenvalue weighted by molar-refractivity contribution is 7.92. The highest BCUT2D eigenvalue weighted by atomic mass is 32.2. The number of amides is 1. The van der Waals surface area contributed by atoms with Crippen LogP contribution < -0.4 is 11.2 Å². The quantitative estimate of drug-likeness (QED) is 0.499. The van der Waals surface area contributed by atoms with Gasteiger partial charge in [0, 0.05) is 27.2 Å². The molecule has 0 saturated carbocycles. The van der Waals surface area contributed by atoms with Gasteiger partial charge in [-0.25, -0.2) is 22.6 Å². The lowest BCUT2D eigenvalue weighted by Gasteiger charge is -2.38. The number of sulfone groups is 1. The van der Waals surface area contributed by atoms with E-state index < -0.39 is 32.2 Å². The number of likely N-dealkylation sites (tertiary alicyclic amines) is 1. The Bertz CT molecular complexity index is 1380. The van der Waals surface area contributed by atoms with Crippen LogP contribution in [0.3, 0.4) is 0 Å². The van der Waals surface area contributed by atoms with Gasteiger partial charge in [-0.3, -0.25) is 18.7 Å². The average Bonchev–Trinajstić information content (AvgIpc) is 3.07. The highest BCUT2D eigenvalue weighted by Crippen LogP contribution is 2.24. The zero-order valence-corrected chi connectivity index (χ0v) is 17.0. The van der Waals surface area contributed by atoms with E-state index in [1.807, 2.05) is 0 Å². The van der Waals surface area contributed by atoms with E-state index in [1.165, 1.54) is 46.6 Å². The first-order valence-electron chi connectivity index (χ1n) is 8.99. The molecule has 1 saturated heterocycles. The van der Waals surface area contributed by atoms with Crippen molar-refractivity contribution in [2.24, 2.45) is 14.1 Å². The van der Waals surface area contributed by atoms with E-state index in [0.717, 1.165) is 16.7 Å². The first-order valence-corrected chi connectivity index (χ1v) is 10.5. The molecule has 158 valence electrons. The number of aryl methyl sites for hydroxylation is 1. The largest absolute Gasteiger partial charge is 0.338 e. The summed E-state index contributed by atoms with van der Waals surface area (Å²) in [7, 11) is -0.863. The van der Waals surface area contributed by atoms with Crippen LogP contribution >= 0.6 is 0 Å². The molecule has 0 aliphatic carbocycles. The van der Waals surface area contributed by atoms with E-state index in [1.54, 1.807) is 0 Å². The number of imidazole rings is 1. The van der Waals surface area contributed by atoms with Gasteiger partial charge in [-0.1, -0.05) is 0 Å². The number of benzene rings is 1. The van der Waals surface area contributed by atoms with E-state index in [0.29, 0.717) is 0 Å². The first-order chi connectivity index (χ1) is 14.1. The number of hydrogen-bond acceptors (Lipinski definition) is 6. The van der Waals surface area contributed by atoms with Crippen molar-refractivity contribution in [1.82, 2.24) is 23.6 Å². The summed E-state index contributed by atoms with van der Waals surface area (Å²) in [6.07, 6.45) is 1.30. The minimum atomic E-state index is -3.68. The van der Waals surface area contributed by atoms with Gasteiger partial charge in [-0.05, 0) is 24.3 Å². The number of aromatic nitrogens is 4. The lowest BCUT2D eigenvalue weighted by Crippen LogP contribution is -2.57. The second-order valence-electron chi connectivity index (χ2n) is 7.17. The van der Waals surface area contributed by atoms with Crippen LogP contribution in [0.15, 0.2) is 45.1 Å². The maximum Gasteiger partial charge on any atom is 0.332 e. The van der Waals surface area contributed by atoms with Crippen LogP contribution in [0.5, 0.6) is 0 Å². The summed E-state index contributed by atoms with van der Waals surface area (Å²) in [5.41, 5.74) is -0.820. The smallest absolute Gasteiger partial charge is 0.332 e. The Morgan fingerprint density at radius 2 is 1.77 bits per heavy atom. The fourth-order valence-electron chi connectivity index (χ4n) is 3.42. The third-order valence-corrected chi connectivity index (χ3v) is 7.41. The van der Waals surface area contributed by atoms with Gasteiger partial charge in [0.05, 0.1) is 11.2 Å².